The Bertz CT molecular complexity index is 97.5. The van der Waals surface area contributed by atoms with Gasteiger partial charge in [-0.3, -0.25) is 0 Å². The van der Waals surface area contributed by atoms with Crippen molar-refractivity contribution in [1.29, 1.82) is 0 Å². The summed E-state index contributed by atoms with van der Waals surface area (Å²) in [6, 6.07) is -1.72. The lowest BCUT2D eigenvalue weighted by atomic mass is 11.1. The van der Waals surface area contributed by atoms with E-state index in [1.165, 1.54) is 0 Å². The fourth-order valence-electron chi connectivity index (χ4n) is 0.123. The number of nitrogens with two attached hydrogens (primary N) is 2. The van der Waals surface area contributed by atoms with Crippen LogP contribution in [0.25, 0.3) is 0 Å². The highest BCUT2D eigenvalue weighted by atomic mass is 16.2. The standard InChI is InChI=1S/C2H6N4O2.H3N/c3-1(7)5-6-2(4)8;/h(H3,3,5,7)(H3,4,6,8);1H3. The van der Waals surface area contributed by atoms with Gasteiger partial charge in [0.2, 0.25) is 0 Å². The molecule has 0 radical (unpaired) electrons. The van der Waals surface area contributed by atoms with Crippen LogP contribution in [-0.4, -0.2) is 12.1 Å². The number of nitrogens with one attached hydrogen (secondary N) is 2. The summed E-state index contributed by atoms with van der Waals surface area (Å²) in [5.74, 6) is 0. The SMILES string of the molecule is N.NC(=O)NNC(N)=O. The number of amides is 4. The molecule has 0 aliphatic heterocycles. The number of urea groups is 2. The minimum absolute atomic E-state index is 0. The van der Waals surface area contributed by atoms with Gasteiger partial charge >= 0.3 is 12.1 Å². The monoisotopic (exact) mass is 135 g/mol. The molecule has 0 aliphatic carbocycles. The third-order valence-electron chi connectivity index (χ3n) is 0.309. The van der Waals surface area contributed by atoms with Crippen LogP contribution in [0.5, 0.6) is 0 Å². The molecule has 0 aromatic heterocycles. The van der Waals surface area contributed by atoms with Crippen LogP contribution < -0.4 is 28.5 Å². The second-order valence-electron chi connectivity index (χ2n) is 0.979. The highest BCUT2D eigenvalue weighted by Gasteiger charge is 1.89. The van der Waals surface area contributed by atoms with E-state index in [4.69, 9.17) is 0 Å². The minimum atomic E-state index is -0.858. The van der Waals surface area contributed by atoms with Crippen LogP contribution in [0, 0.1) is 0 Å². The van der Waals surface area contributed by atoms with Crippen LogP contribution in [0.3, 0.4) is 0 Å². The molecule has 0 rings (SSSR count). The van der Waals surface area contributed by atoms with Crippen LogP contribution in [0.1, 0.15) is 0 Å². The molecule has 0 spiro atoms. The third kappa shape index (κ3) is 10.7. The molecule has 0 aromatic rings. The van der Waals surface area contributed by atoms with Crippen molar-refractivity contribution in [2.75, 3.05) is 0 Å². The first-order chi connectivity index (χ1) is 3.63. The van der Waals surface area contributed by atoms with Crippen LogP contribution >= 0.6 is 0 Å². The van der Waals surface area contributed by atoms with Gasteiger partial charge in [-0.2, -0.15) is 0 Å². The van der Waals surface area contributed by atoms with E-state index >= 15 is 0 Å². The smallest absolute Gasteiger partial charge is 0.330 e. The summed E-state index contributed by atoms with van der Waals surface area (Å²) in [4.78, 5) is 19.5. The van der Waals surface area contributed by atoms with Gasteiger partial charge in [0.1, 0.15) is 0 Å². The molecule has 9 N–H and O–H groups in total. The maximum Gasteiger partial charge on any atom is 0.330 e. The molecule has 0 fully saturated rings. The van der Waals surface area contributed by atoms with E-state index < -0.39 is 12.1 Å². The first kappa shape index (κ1) is 10.5. The zero-order valence-corrected chi connectivity index (χ0v) is 4.68. The van der Waals surface area contributed by atoms with E-state index in [-0.39, 0.29) is 6.15 Å². The Kier molecular flexibility index (Phi) is 5.42. The van der Waals surface area contributed by atoms with Gasteiger partial charge in [-0.25, -0.2) is 20.4 Å². The number of primary amides is 2. The van der Waals surface area contributed by atoms with E-state index in [0.717, 1.165) is 0 Å². The number of carbonyl (C=O) groups is 2. The Morgan fingerprint density at radius 2 is 1.22 bits per heavy atom. The van der Waals surface area contributed by atoms with Gasteiger partial charge in [0.05, 0.1) is 0 Å². The summed E-state index contributed by atoms with van der Waals surface area (Å²) in [5, 5.41) is 0. The molecule has 0 saturated heterocycles. The predicted molar refractivity (Wildman–Crippen MR) is 30.5 cm³/mol. The summed E-state index contributed by atoms with van der Waals surface area (Å²) in [6.45, 7) is 0. The Morgan fingerprint density at radius 3 is 1.33 bits per heavy atom. The summed E-state index contributed by atoms with van der Waals surface area (Å²) < 4.78 is 0. The van der Waals surface area contributed by atoms with Crippen LogP contribution in [0.4, 0.5) is 9.59 Å². The molecule has 0 heterocycles. The Balaban J connectivity index is 0. The third-order valence-corrected chi connectivity index (χ3v) is 0.309. The van der Waals surface area contributed by atoms with Gasteiger partial charge in [0.15, 0.2) is 0 Å². The molecular formula is C2H9N5O2. The van der Waals surface area contributed by atoms with Gasteiger partial charge in [0, 0.05) is 0 Å². The van der Waals surface area contributed by atoms with Gasteiger partial charge in [-0.05, 0) is 0 Å². The van der Waals surface area contributed by atoms with Crippen LogP contribution in [0.2, 0.25) is 0 Å². The van der Waals surface area contributed by atoms with Crippen molar-refractivity contribution in [2.24, 2.45) is 11.5 Å². The molecule has 0 aromatic carbocycles. The second-order valence-corrected chi connectivity index (χ2v) is 0.979. The highest BCUT2D eigenvalue weighted by molar-refractivity contribution is 5.77. The molecular weight excluding hydrogens is 126 g/mol. The van der Waals surface area contributed by atoms with E-state index in [0.29, 0.717) is 0 Å². The minimum Gasteiger partial charge on any atom is -0.350 e. The molecule has 0 aliphatic rings. The highest BCUT2D eigenvalue weighted by Crippen LogP contribution is 1.48. The maximum atomic E-state index is 9.74. The Morgan fingerprint density at radius 1 is 1.00 bits per heavy atom. The van der Waals surface area contributed by atoms with Crippen molar-refractivity contribution < 1.29 is 9.59 Å². The summed E-state index contributed by atoms with van der Waals surface area (Å²) in [6.07, 6.45) is 0. The molecule has 0 saturated carbocycles. The van der Waals surface area contributed by atoms with Crippen molar-refractivity contribution in [3.05, 3.63) is 0 Å². The average molecular weight is 135 g/mol. The fraction of sp³-hybridized carbons (Fsp3) is 0. The topological polar surface area (TPSA) is 145 Å². The lowest BCUT2D eigenvalue weighted by Gasteiger charge is -1.97. The summed E-state index contributed by atoms with van der Waals surface area (Å²) in [5.41, 5.74) is 12.6. The number of rotatable bonds is 0. The van der Waals surface area contributed by atoms with Crippen molar-refractivity contribution in [1.82, 2.24) is 17.0 Å². The number of hydrogen-bond donors (Lipinski definition) is 5. The van der Waals surface area contributed by atoms with E-state index in [9.17, 15) is 9.59 Å². The first-order valence-electron chi connectivity index (χ1n) is 1.74. The van der Waals surface area contributed by atoms with Gasteiger partial charge in [-0.15, -0.1) is 0 Å². The predicted octanol–water partition coefficient (Wildman–Crippen LogP) is -1.60. The molecule has 9 heavy (non-hydrogen) atoms. The van der Waals surface area contributed by atoms with Gasteiger partial charge in [-0.1, -0.05) is 0 Å². The largest absolute Gasteiger partial charge is 0.350 e. The normalized spacial score (nSPS) is 6.67. The molecule has 7 heteroatoms. The second kappa shape index (κ2) is 4.65. The summed E-state index contributed by atoms with van der Waals surface area (Å²) in [7, 11) is 0. The van der Waals surface area contributed by atoms with Gasteiger partial charge < -0.3 is 17.6 Å². The number of carbonyl (C=O) groups excluding carboxylic acids is 2. The number of hydrogen-bond acceptors (Lipinski definition) is 3. The van der Waals surface area contributed by atoms with Crippen molar-refractivity contribution in [3.63, 3.8) is 0 Å². The van der Waals surface area contributed by atoms with Gasteiger partial charge in [0.25, 0.3) is 0 Å². The lowest BCUT2D eigenvalue weighted by Crippen LogP contribution is -2.46. The van der Waals surface area contributed by atoms with Crippen molar-refractivity contribution >= 4 is 12.1 Å². The van der Waals surface area contributed by atoms with E-state index in [1.807, 2.05) is 0 Å². The average Bonchev–Trinajstić information content (AvgIpc) is 1.61. The van der Waals surface area contributed by atoms with Crippen LogP contribution in [0.15, 0.2) is 0 Å². The molecule has 4 amide bonds. The lowest BCUT2D eigenvalue weighted by molar-refractivity contribution is 0.233. The summed E-state index contributed by atoms with van der Waals surface area (Å²) >= 11 is 0. The first-order valence-corrected chi connectivity index (χ1v) is 1.74. The Hall–Kier alpha value is -1.50. The number of hydrazine groups is 1. The Labute approximate surface area is 51.3 Å². The van der Waals surface area contributed by atoms with Crippen molar-refractivity contribution in [2.45, 2.75) is 0 Å². The molecule has 0 bridgehead atoms. The quantitative estimate of drug-likeness (QED) is 0.255. The van der Waals surface area contributed by atoms with E-state index in [1.54, 1.807) is 10.9 Å². The fourth-order valence-corrected chi connectivity index (χ4v) is 0.123. The zero-order valence-electron chi connectivity index (χ0n) is 4.68. The van der Waals surface area contributed by atoms with Crippen molar-refractivity contribution in [3.8, 4) is 0 Å². The molecule has 54 valence electrons. The molecule has 7 nitrogen and oxygen atoms in total. The van der Waals surface area contributed by atoms with Crippen LogP contribution in [-0.2, 0) is 0 Å². The zero-order chi connectivity index (χ0) is 6.57. The molecule has 0 unspecified atom stereocenters. The molecule has 0 atom stereocenters. The van der Waals surface area contributed by atoms with E-state index in [2.05, 4.69) is 11.5 Å². The maximum absolute atomic E-state index is 9.74.